The Morgan fingerprint density at radius 2 is 1.71 bits per heavy atom. The monoisotopic (exact) mass is 978 g/mol. The van der Waals surface area contributed by atoms with Gasteiger partial charge in [0.15, 0.2) is 11.4 Å². The van der Waals surface area contributed by atoms with Crippen LogP contribution in [0.2, 0.25) is 5.02 Å². The number of aromatic nitrogens is 2. The molecule has 3 N–H and O–H groups in total. The average molecular weight is 980 g/mol. The number of rotatable bonds is 11. The third-order valence-electron chi connectivity index (χ3n) is 14.2. The molecule has 5 aromatic rings. The van der Waals surface area contributed by atoms with Crippen LogP contribution in [0.1, 0.15) is 55.5 Å². The number of nitrogens with zero attached hydrogens (tertiary/aromatic N) is 7. The van der Waals surface area contributed by atoms with Gasteiger partial charge in [-0.1, -0.05) is 43.2 Å². The molecule has 1 amide bonds. The van der Waals surface area contributed by atoms with Crippen LogP contribution in [-0.2, 0) is 10.0 Å². The van der Waals surface area contributed by atoms with Gasteiger partial charge in [-0.2, -0.15) is 4.98 Å². The van der Waals surface area contributed by atoms with Gasteiger partial charge in [0, 0.05) is 106 Å². The Morgan fingerprint density at radius 3 is 2.48 bits per heavy atom. The number of hydrogen-bond acceptors (Lipinski definition) is 14. The van der Waals surface area contributed by atoms with Crippen LogP contribution in [0.5, 0.6) is 11.6 Å². The number of likely N-dealkylation sites (N-methyl/N-ethyl adjacent to an activating group) is 1. The van der Waals surface area contributed by atoms with Crippen LogP contribution in [0.15, 0.2) is 83.4 Å². The number of carbonyl (C=O) groups is 1. The van der Waals surface area contributed by atoms with Crippen LogP contribution in [0, 0.1) is 15.5 Å². The molecule has 69 heavy (non-hydrogen) atoms. The summed E-state index contributed by atoms with van der Waals surface area (Å²) in [4.78, 5) is 45.2. The molecule has 2 saturated heterocycles. The van der Waals surface area contributed by atoms with E-state index in [1.165, 1.54) is 22.8 Å². The van der Waals surface area contributed by atoms with Crippen molar-refractivity contribution in [3.8, 4) is 11.6 Å². The number of fused-ring (bicyclic) bond motifs is 3. The maximum Gasteiger partial charge on any atom is 0.297 e. The molecule has 4 aliphatic heterocycles. The Kier molecular flexibility index (Phi) is 13.0. The normalized spacial score (nSPS) is 20.3. The second-order valence-electron chi connectivity index (χ2n) is 19.7. The fourth-order valence-corrected chi connectivity index (χ4v) is 11.4. The zero-order chi connectivity index (χ0) is 48.0. The average Bonchev–Trinajstić information content (AvgIpc) is 3.70. The molecule has 0 unspecified atom stereocenters. The second kappa shape index (κ2) is 19.1. The lowest BCUT2D eigenvalue weighted by molar-refractivity contribution is -0.384. The van der Waals surface area contributed by atoms with E-state index in [0.717, 1.165) is 100 Å². The highest BCUT2D eigenvalue weighted by atomic mass is 35.5. The van der Waals surface area contributed by atoms with Crippen molar-refractivity contribution in [3.05, 3.63) is 105 Å². The molecule has 19 heteroatoms. The third kappa shape index (κ3) is 10.1. The lowest BCUT2D eigenvalue weighted by atomic mass is 9.72. The summed E-state index contributed by atoms with van der Waals surface area (Å²) in [6, 6.07) is 19.5. The summed E-state index contributed by atoms with van der Waals surface area (Å²) < 4.78 is 42.8. The molecule has 0 spiro atoms. The number of nitro benzene ring substituents is 1. The summed E-state index contributed by atoms with van der Waals surface area (Å²) in [5.74, 6) is -0.474. The predicted molar refractivity (Wildman–Crippen MR) is 269 cm³/mol. The van der Waals surface area contributed by atoms with Crippen LogP contribution in [-0.4, -0.2) is 142 Å². The van der Waals surface area contributed by atoms with E-state index in [-0.39, 0.29) is 35.1 Å². The van der Waals surface area contributed by atoms with Crippen molar-refractivity contribution in [2.45, 2.75) is 50.5 Å². The Labute approximate surface area is 407 Å². The van der Waals surface area contributed by atoms with Gasteiger partial charge in [0.2, 0.25) is 5.88 Å². The van der Waals surface area contributed by atoms with E-state index in [9.17, 15) is 23.3 Å². The minimum atomic E-state index is -4.66. The number of pyridine rings is 1. The summed E-state index contributed by atoms with van der Waals surface area (Å²) >= 11 is 6.28. The molecule has 10 rings (SSSR count). The van der Waals surface area contributed by atoms with Gasteiger partial charge in [-0.3, -0.25) is 24.7 Å². The summed E-state index contributed by atoms with van der Waals surface area (Å²) in [7, 11) is -2.59. The van der Waals surface area contributed by atoms with Gasteiger partial charge < -0.3 is 34.5 Å². The first-order valence-corrected chi connectivity index (χ1v) is 25.7. The molecule has 0 bridgehead atoms. The van der Waals surface area contributed by atoms with Crippen molar-refractivity contribution < 1.29 is 27.6 Å². The van der Waals surface area contributed by atoms with Crippen LogP contribution in [0.4, 0.5) is 28.4 Å². The van der Waals surface area contributed by atoms with Gasteiger partial charge in [-0.05, 0) is 91.7 Å². The van der Waals surface area contributed by atoms with Gasteiger partial charge in [-0.25, -0.2) is 13.1 Å². The first-order valence-electron chi connectivity index (χ1n) is 23.8. The number of carbonyl (C=O) groups excluding carboxylic acids is 1. The van der Waals surface area contributed by atoms with E-state index >= 15 is 0 Å². The first-order chi connectivity index (χ1) is 33.2. The fourth-order valence-electron chi connectivity index (χ4n) is 10.3. The van der Waals surface area contributed by atoms with E-state index in [1.54, 1.807) is 12.3 Å². The number of H-pyrrole nitrogens is 1. The van der Waals surface area contributed by atoms with Crippen LogP contribution in [0.3, 0.4) is 0 Å². The molecule has 5 aliphatic rings. The van der Waals surface area contributed by atoms with Gasteiger partial charge in [0.25, 0.3) is 21.6 Å². The Hall–Kier alpha value is -5.92. The van der Waals surface area contributed by atoms with E-state index < -0.39 is 31.4 Å². The minimum absolute atomic E-state index is 0.0305. The minimum Gasteiger partial charge on any atom is -0.489 e. The molecule has 0 radical (unpaired) electrons. The number of piperazine rings is 2. The highest BCUT2D eigenvalue weighted by molar-refractivity contribution is 7.90. The molecule has 17 nitrogen and oxygen atoms in total. The van der Waals surface area contributed by atoms with Gasteiger partial charge >= 0.3 is 0 Å². The molecule has 6 heterocycles. The van der Waals surface area contributed by atoms with Gasteiger partial charge in [0.05, 0.1) is 33.7 Å². The maximum absolute atomic E-state index is 14.5. The molecule has 364 valence electrons. The lowest BCUT2D eigenvalue weighted by Gasteiger charge is -2.39. The SMILES string of the molecule is CN1CCN(C[C@H]2COc3cc(S(=O)(=O)NC(=O)c4ccc(N5CCN(CC6=C(c7ccc(Cl)cc7)CC(C)(C)CC6)CC5)cc4N4CCCOc5nc6[nH]ccc6cc54)cc([N+](=O)[O-])c3N2)CC1. The zero-order valence-electron chi connectivity index (χ0n) is 39.3. The summed E-state index contributed by atoms with van der Waals surface area (Å²) in [6.45, 7) is 13.9. The lowest BCUT2D eigenvalue weighted by Crippen LogP contribution is -2.50. The highest BCUT2D eigenvalue weighted by Gasteiger charge is 2.35. The van der Waals surface area contributed by atoms with Crippen molar-refractivity contribution in [3.63, 3.8) is 0 Å². The topological polar surface area (TPSA) is 182 Å². The third-order valence-corrected chi connectivity index (χ3v) is 15.8. The number of anilines is 4. The first kappa shape index (κ1) is 46.8. The van der Waals surface area contributed by atoms with Crippen molar-refractivity contribution in [2.24, 2.45) is 5.41 Å². The second-order valence-corrected chi connectivity index (χ2v) is 21.9. The number of halogens is 1. The Balaban J connectivity index is 0.921. The largest absolute Gasteiger partial charge is 0.489 e. The number of allylic oxidation sites excluding steroid dienone is 1. The maximum atomic E-state index is 14.5. The van der Waals surface area contributed by atoms with Crippen molar-refractivity contribution in [1.82, 2.24) is 29.4 Å². The molecule has 2 aromatic heterocycles. The number of hydrogen-bond donors (Lipinski definition) is 3. The van der Waals surface area contributed by atoms with Gasteiger partial charge in [0.1, 0.15) is 17.9 Å². The van der Waals surface area contributed by atoms with E-state index in [0.29, 0.717) is 49.0 Å². The number of aromatic amines is 1. The zero-order valence-corrected chi connectivity index (χ0v) is 40.9. The van der Waals surface area contributed by atoms with Crippen LogP contribution in [0.25, 0.3) is 16.6 Å². The molecule has 1 atom stereocenters. The number of nitro groups is 1. The summed E-state index contributed by atoms with van der Waals surface area (Å²) in [5, 5.41) is 17.3. The molecular formula is C50H59ClN10O7S. The predicted octanol–water partition coefficient (Wildman–Crippen LogP) is 7.37. The number of ether oxygens (including phenoxy) is 2. The van der Waals surface area contributed by atoms with Crippen molar-refractivity contribution >= 4 is 72.6 Å². The quantitative estimate of drug-likeness (QED) is 0.0882. The summed E-state index contributed by atoms with van der Waals surface area (Å²) in [5.41, 5.74) is 6.75. The van der Waals surface area contributed by atoms with Crippen molar-refractivity contribution in [1.29, 1.82) is 0 Å². The number of nitrogens with one attached hydrogen (secondary N) is 3. The smallest absolute Gasteiger partial charge is 0.297 e. The molecular weight excluding hydrogens is 920 g/mol. The standard InChI is InChI=1S/C50H59ClN10O7S/c1-50(2)13-11-35(41(29-50)33-5-7-36(51)8-6-33)30-57-20-22-59(23-21-57)38-9-10-40(42(26-38)60-15-4-24-67-49-44(60)25-34-12-14-52-47(34)54-49)48(62)55-69(65,66)39-27-43(61(63)64)46-45(28-39)68-32-37(53-46)31-58-18-16-56(3)17-19-58/h5-10,12,14,25-28,37,53H,4,11,13,15-24,29-32H2,1-3H3,(H,52,54)(H,55,62)/t37-/m0/s1. The molecule has 3 aromatic carbocycles. The molecule has 1 aliphatic carbocycles. The number of amides is 1. The highest BCUT2D eigenvalue weighted by Crippen LogP contribution is 2.45. The molecule has 0 saturated carbocycles. The Morgan fingerprint density at radius 1 is 0.942 bits per heavy atom. The van der Waals surface area contributed by atoms with E-state index in [4.69, 9.17) is 26.1 Å². The van der Waals surface area contributed by atoms with E-state index in [2.05, 4.69) is 67.7 Å². The number of benzene rings is 3. The van der Waals surface area contributed by atoms with E-state index in [1.807, 2.05) is 41.3 Å². The fraction of sp³-hybridized carbons (Fsp3) is 0.440. The Bertz CT molecular complexity index is 2910. The van der Waals surface area contributed by atoms with Gasteiger partial charge in [-0.15, -0.1) is 0 Å². The molecule has 2 fully saturated rings. The number of sulfonamides is 1. The summed E-state index contributed by atoms with van der Waals surface area (Å²) in [6.07, 6.45) is 5.59. The van der Waals surface area contributed by atoms with Crippen LogP contribution >= 0.6 is 11.6 Å². The van der Waals surface area contributed by atoms with Crippen LogP contribution < -0.4 is 29.3 Å². The van der Waals surface area contributed by atoms with Crippen molar-refractivity contribution in [2.75, 3.05) is 107 Å².